The molecule has 2 unspecified atom stereocenters. The summed E-state index contributed by atoms with van der Waals surface area (Å²) in [6, 6.07) is 5.31. The maximum Gasteiger partial charge on any atom is 0.319 e. The van der Waals surface area contributed by atoms with Crippen molar-refractivity contribution >= 4 is 27.5 Å². The molecule has 7 rings (SSSR count). The Kier molecular flexibility index (Phi) is 7.45. The fourth-order valence-electron chi connectivity index (χ4n) is 7.29. The SMILES string of the molecule is C#Cc1c(F)ccc2cc(O)cc(-c3ncc4c(N5CC(C)COCC5C)nc(OC[C@@]56CCCN5C[C@H](F)C6)nc4c3F)c12. The van der Waals surface area contributed by atoms with E-state index >= 15 is 4.39 Å². The monoisotopic (exact) mass is 617 g/mol. The van der Waals surface area contributed by atoms with E-state index in [1.807, 2.05) is 6.92 Å². The Hall–Kier alpha value is -4.14. The number of hydrogen-bond acceptors (Lipinski definition) is 8. The minimum absolute atomic E-state index is 0.0294. The Bertz CT molecular complexity index is 1850. The van der Waals surface area contributed by atoms with Crippen molar-refractivity contribution in [3.05, 3.63) is 47.7 Å². The van der Waals surface area contributed by atoms with Gasteiger partial charge in [-0.05, 0) is 55.8 Å². The Morgan fingerprint density at radius 1 is 1.18 bits per heavy atom. The number of rotatable bonds is 5. The summed E-state index contributed by atoms with van der Waals surface area (Å²) in [6.07, 6.45) is 8.35. The van der Waals surface area contributed by atoms with Gasteiger partial charge in [0.25, 0.3) is 0 Å². The highest BCUT2D eigenvalue weighted by Gasteiger charge is 2.49. The zero-order chi connectivity index (χ0) is 31.5. The number of anilines is 1. The molecule has 11 heteroatoms. The first-order valence-electron chi connectivity index (χ1n) is 15.3. The molecule has 0 radical (unpaired) electrons. The number of aromatic nitrogens is 3. The van der Waals surface area contributed by atoms with Crippen molar-refractivity contribution in [3.63, 3.8) is 0 Å². The first-order valence-corrected chi connectivity index (χ1v) is 15.3. The lowest BCUT2D eigenvalue weighted by Crippen LogP contribution is -2.43. The van der Waals surface area contributed by atoms with Gasteiger partial charge in [0.15, 0.2) is 5.82 Å². The van der Waals surface area contributed by atoms with Gasteiger partial charge in [-0.3, -0.25) is 9.88 Å². The minimum Gasteiger partial charge on any atom is -0.508 e. The van der Waals surface area contributed by atoms with Gasteiger partial charge in [-0.2, -0.15) is 9.97 Å². The summed E-state index contributed by atoms with van der Waals surface area (Å²) in [6.45, 7) is 7.05. The van der Waals surface area contributed by atoms with Gasteiger partial charge in [0.05, 0.1) is 35.7 Å². The average molecular weight is 618 g/mol. The number of nitrogens with zero attached hydrogens (tertiary/aromatic N) is 5. The van der Waals surface area contributed by atoms with E-state index in [9.17, 15) is 13.9 Å². The molecular formula is C34H34F3N5O3. The molecule has 8 nitrogen and oxygen atoms in total. The van der Waals surface area contributed by atoms with Crippen LogP contribution in [0.1, 0.15) is 38.7 Å². The molecule has 1 N–H and O–H groups in total. The van der Waals surface area contributed by atoms with E-state index in [1.165, 1.54) is 30.5 Å². The predicted octanol–water partition coefficient (Wildman–Crippen LogP) is 5.63. The molecular weight excluding hydrogens is 583 g/mol. The average Bonchev–Trinajstić information content (AvgIpc) is 3.48. The van der Waals surface area contributed by atoms with E-state index in [0.29, 0.717) is 49.3 Å². The molecule has 2 aromatic heterocycles. The number of pyridine rings is 1. The van der Waals surface area contributed by atoms with Crippen LogP contribution in [0.15, 0.2) is 30.5 Å². The second-order valence-corrected chi connectivity index (χ2v) is 12.7. The molecule has 0 saturated carbocycles. The van der Waals surface area contributed by atoms with Gasteiger partial charge in [0.2, 0.25) is 0 Å². The molecule has 2 aromatic carbocycles. The highest BCUT2D eigenvalue weighted by atomic mass is 19.1. The zero-order valence-corrected chi connectivity index (χ0v) is 25.2. The molecule has 0 bridgehead atoms. The van der Waals surface area contributed by atoms with E-state index < -0.39 is 23.3 Å². The molecule has 3 fully saturated rings. The van der Waals surface area contributed by atoms with Crippen molar-refractivity contribution in [2.45, 2.75) is 50.9 Å². The number of phenolic OH excluding ortho intramolecular Hbond substituents is 1. The molecule has 0 spiro atoms. The van der Waals surface area contributed by atoms with Crippen LogP contribution in [0.4, 0.5) is 19.0 Å². The van der Waals surface area contributed by atoms with E-state index in [-0.39, 0.29) is 58.1 Å². The molecule has 3 aliphatic heterocycles. The Morgan fingerprint density at radius 3 is 2.84 bits per heavy atom. The van der Waals surface area contributed by atoms with Crippen LogP contribution in [0, 0.1) is 29.9 Å². The summed E-state index contributed by atoms with van der Waals surface area (Å²) in [5.41, 5.74) is -0.584. The molecule has 4 aromatic rings. The molecule has 4 atom stereocenters. The van der Waals surface area contributed by atoms with Gasteiger partial charge in [0.1, 0.15) is 41.4 Å². The second-order valence-electron chi connectivity index (χ2n) is 12.7. The third kappa shape index (κ3) is 5.10. The molecule has 45 heavy (non-hydrogen) atoms. The van der Waals surface area contributed by atoms with Gasteiger partial charge >= 0.3 is 6.01 Å². The van der Waals surface area contributed by atoms with E-state index in [2.05, 4.69) is 32.6 Å². The van der Waals surface area contributed by atoms with E-state index in [4.69, 9.17) is 20.9 Å². The lowest BCUT2D eigenvalue weighted by Gasteiger charge is -2.32. The number of aromatic hydroxyl groups is 1. The first kappa shape index (κ1) is 29.6. The zero-order valence-electron chi connectivity index (χ0n) is 25.2. The highest BCUT2D eigenvalue weighted by Crippen LogP contribution is 2.42. The molecule has 3 saturated heterocycles. The fourth-order valence-corrected chi connectivity index (χ4v) is 7.29. The Labute approximate surface area is 259 Å². The summed E-state index contributed by atoms with van der Waals surface area (Å²) >= 11 is 0. The minimum atomic E-state index is -0.928. The third-order valence-corrected chi connectivity index (χ3v) is 9.40. The third-order valence-electron chi connectivity index (χ3n) is 9.40. The van der Waals surface area contributed by atoms with Crippen LogP contribution in [-0.4, -0.2) is 82.2 Å². The van der Waals surface area contributed by atoms with Crippen LogP contribution < -0.4 is 9.64 Å². The van der Waals surface area contributed by atoms with Crippen LogP contribution in [0.25, 0.3) is 32.9 Å². The van der Waals surface area contributed by atoms with Crippen LogP contribution in [0.2, 0.25) is 0 Å². The first-order chi connectivity index (χ1) is 21.7. The standard InChI is InChI=1S/C34H34F3N5O3/c1-4-24-27(36)7-6-21-10-23(43)11-25(28(21)24)30-29(37)31-26(13-38-30)32(42-14-19(2)16-44-17-20(42)3)40-33(39-31)45-18-34-8-5-9-41(34)15-22(35)12-34/h1,6-7,10-11,13,19-20,22,43H,5,8-9,12,14-18H2,2-3H3/t19?,20?,22-,34+/m1/s1. The Morgan fingerprint density at radius 2 is 2.02 bits per heavy atom. The molecule has 0 amide bonds. The van der Waals surface area contributed by atoms with E-state index in [0.717, 1.165) is 19.4 Å². The maximum absolute atomic E-state index is 16.8. The van der Waals surface area contributed by atoms with Crippen molar-refractivity contribution in [1.29, 1.82) is 0 Å². The quantitative estimate of drug-likeness (QED) is 0.289. The number of benzene rings is 2. The summed E-state index contributed by atoms with van der Waals surface area (Å²) in [7, 11) is 0. The van der Waals surface area contributed by atoms with Crippen molar-refractivity contribution in [2.24, 2.45) is 5.92 Å². The van der Waals surface area contributed by atoms with Gasteiger partial charge in [0, 0.05) is 36.7 Å². The summed E-state index contributed by atoms with van der Waals surface area (Å²) < 4.78 is 58.2. The predicted molar refractivity (Wildman–Crippen MR) is 165 cm³/mol. The lowest BCUT2D eigenvalue weighted by atomic mass is 9.95. The van der Waals surface area contributed by atoms with Crippen molar-refractivity contribution < 1.29 is 27.8 Å². The van der Waals surface area contributed by atoms with Gasteiger partial charge in [-0.15, -0.1) is 6.42 Å². The van der Waals surface area contributed by atoms with Gasteiger partial charge in [-0.1, -0.05) is 18.9 Å². The summed E-state index contributed by atoms with van der Waals surface area (Å²) in [4.78, 5) is 18.0. The number of phenols is 1. The number of halogens is 3. The van der Waals surface area contributed by atoms with Gasteiger partial charge < -0.3 is 19.5 Å². The molecule has 5 heterocycles. The van der Waals surface area contributed by atoms with Crippen molar-refractivity contribution in [1.82, 2.24) is 19.9 Å². The highest BCUT2D eigenvalue weighted by molar-refractivity contribution is 6.03. The maximum atomic E-state index is 16.8. The number of fused-ring (bicyclic) bond motifs is 3. The number of terminal acetylenes is 1. The Balaban J connectivity index is 1.40. The summed E-state index contributed by atoms with van der Waals surface area (Å²) in [5, 5.41) is 11.6. The van der Waals surface area contributed by atoms with Crippen molar-refractivity contribution in [2.75, 3.05) is 44.4 Å². The number of alkyl halides is 1. The van der Waals surface area contributed by atoms with Crippen LogP contribution >= 0.6 is 0 Å². The largest absolute Gasteiger partial charge is 0.508 e. The topological polar surface area (TPSA) is 83.8 Å². The van der Waals surface area contributed by atoms with Crippen LogP contribution in [0.3, 0.4) is 0 Å². The summed E-state index contributed by atoms with van der Waals surface area (Å²) in [5.74, 6) is 1.39. The van der Waals surface area contributed by atoms with Crippen molar-refractivity contribution in [3.8, 4) is 35.4 Å². The fraction of sp³-hybridized carbons (Fsp3) is 0.441. The molecule has 3 aliphatic rings. The number of ether oxygens (including phenoxy) is 2. The smallest absolute Gasteiger partial charge is 0.319 e. The van der Waals surface area contributed by atoms with Gasteiger partial charge in [-0.25, -0.2) is 13.2 Å². The lowest BCUT2D eigenvalue weighted by molar-refractivity contribution is 0.107. The van der Waals surface area contributed by atoms with Crippen LogP contribution in [0.5, 0.6) is 11.8 Å². The second kappa shape index (κ2) is 11.3. The number of hydrogen-bond donors (Lipinski definition) is 1. The van der Waals surface area contributed by atoms with Crippen LogP contribution in [-0.2, 0) is 4.74 Å². The normalized spacial score (nSPS) is 25.4. The molecule has 234 valence electrons. The molecule has 0 aliphatic carbocycles. The van der Waals surface area contributed by atoms with E-state index in [1.54, 1.807) is 0 Å².